The van der Waals surface area contributed by atoms with Gasteiger partial charge < -0.3 is 10.1 Å². The number of methoxy groups -OCH3 is 1. The van der Waals surface area contributed by atoms with E-state index in [2.05, 4.69) is 15.0 Å². The van der Waals surface area contributed by atoms with Gasteiger partial charge in [0.2, 0.25) is 5.91 Å². The first-order valence-corrected chi connectivity index (χ1v) is 8.31. The van der Waals surface area contributed by atoms with Crippen molar-refractivity contribution in [2.45, 2.75) is 26.2 Å². The Hall–Kier alpha value is -2.21. The lowest BCUT2D eigenvalue weighted by molar-refractivity contribution is -0.140. The minimum Gasteiger partial charge on any atom is -0.469 e. The van der Waals surface area contributed by atoms with Crippen LogP contribution in [0.1, 0.15) is 24.1 Å². The summed E-state index contributed by atoms with van der Waals surface area (Å²) in [7, 11) is 1.36. The third-order valence-corrected chi connectivity index (χ3v) is 4.24. The monoisotopic (exact) mass is 332 g/mol. The maximum absolute atomic E-state index is 11.9. The number of rotatable bonds is 7. The number of benzene rings is 1. The fourth-order valence-electron chi connectivity index (χ4n) is 2.01. The summed E-state index contributed by atoms with van der Waals surface area (Å²) in [6.45, 7) is 2.50. The van der Waals surface area contributed by atoms with Crippen LogP contribution in [0.4, 0.5) is 0 Å². The number of ether oxygens (including phenoxy) is 1. The first kappa shape index (κ1) is 17.1. The highest BCUT2D eigenvalue weighted by atomic mass is 32.1. The largest absolute Gasteiger partial charge is 0.469 e. The van der Waals surface area contributed by atoms with Gasteiger partial charge in [-0.15, -0.1) is 11.3 Å². The van der Waals surface area contributed by atoms with Gasteiger partial charge in [-0.3, -0.25) is 9.59 Å². The Morgan fingerprint density at radius 2 is 2.00 bits per heavy atom. The molecule has 0 aliphatic carbocycles. The molecule has 0 aliphatic rings. The lowest BCUT2D eigenvalue weighted by Gasteiger charge is -2.03. The lowest BCUT2D eigenvalue weighted by Crippen LogP contribution is -2.26. The van der Waals surface area contributed by atoms with Crippen molar-refractivity contribution in [1.82, 2.24) is 10.3 Å². The van der Waals surface area contributed by atoms with Crippen molar-refractivity contribution in [3.8, 4) is 10.6 Å². The van der Waals surface area contributed by atoms with E-state index in [4.69, 9.17) is 0 Å². The summed E-state index contributed by atoms with van der Waals surface area (Å²) in [4.78, 5) is 27.3. The Labute approximate surface area is 139 Å². The quantitative estimate of drug-likeness (QED) is 0.625. The molecule has 0 spiro atoms. The highest BCUT2D eigenvalue weighted by Crippen LogP contribution is 2.24. The molecule has 6 heteroatoms. The van der Waals surface area contributed by atoms with Crippen LogP contribution in [-0.4, -0.2) is 30.5 Å². The van der Waals surface area contributed by atoms with Gasteiger partial charge in [0.05, 0.1) is 19.2 Å². The normalized spacial score (nSPS) is 10.3. The molecule has 0 fully saturated rings. The van der Waals surface area contributed by atoms with Crippen molar-refractivity contribution in [2.75, 3.05) is 13.7 Å². The summed E-state index contributed by atoms with van der Waals surface area (Å²) in [6, 6.07) is 8.16. The number of carbonyl (C=O) groups excluding carboxylic acids is 2. The zero-order valence-corrected chi connectivity index (χ0v) is 14.1. The van der Waals surface area contributed by atoms with E-state index in [1.807, 2.05) is 36.6 Å². The molecular weight excluding hydrogens is 312 g/mol. The third kappa shape index (κ3) is 5.49. The summed E-state index contributed by atoms with van der Waals surface area (Å²) in [5, 5.41) is 5.61. The average Bonchev–Trinajstić information content (AvgIpc) is 3.00. The van der Waals surface area contributed by atoms with Crippen LogP contribution in [0, 0.1) is 6.92 Å². The van der Waals surface area contributed by atoms with E-state index < -0.39 is 0 Å². The van der Waals surface area contributed by atoms with Gasteiger partial charge in [0.15, 0.2) is 0 Å². The van der Waals surface area contributed by atoms with E-state index in [9.17, 15) is 9.59 Å². The van der Waals surface area contributed by atoms with Crippen LogP contribution in [0.5, 0.6) is 0 Å². The number of hydrogen-bond donors (Lipinski definition) is 1. The Balaban J connectivity index is 1.81. The molecule has 0 aliphatic heterocycles. The average molecular weight is 332 g/mol. The minimum atomic E-state index is -0.263. The summed E-state index contributed by atoms with van der Waals surface area (Å²) >= 11 is 1.53. The number of thiazole rings is 1. The SMILES string of the molecule is COC(=O)CCCNC(=O)Cc1csc(-c2ccc(C)cc2)n1. The molecule has 0 saturated carbocycles. The standard InChI is InChI=1S/C17H20N2O3S/c1-12-5-7-13(8-6-12)17-19-14(11-23-17)10-15(20)18-9-3-4-16(21)22-2/h5-8,11H,3-4,9-10H2,1-2H3,(H,18,20). The third-order valence-electron chi connectivity index (χ3n) is 3.30. The van der Waals surface area contributed by atoms with Crippen molar-refractivity contribution < 1.29 is 14.3 Å². The van der Waals surface area contributed by atoms with Crippen molar-refractivity contribution in [3.63, 3.8) is 0 Å². The second-order valence-electron chi connectivity index (χ2n) is 5.22. The summed E-state index contributed by atoms with van der Waals surface area (Å²) in [5.74, 6) is -0.350. The van der Waals surface area contributed by atoms with Gasteiger partial charge in [0, 0.05) is 23.9 Å². The highest BCUT2D eigenvalue weighted by Gasteiger charge is 2.09. The van der Waals surface area contributed by atoms with Crippen molar-refractivity contribution >= 4 is 23.2 Å². The number of hydrogen-bond acceptors (Lipinski definition) is 5. The van der Waals surface area contributed by atoms with Crippen LogP contribution in [0.15, 0.2) is 29.6 Å². The summed E-state index contributed by atoms with van der Waals surface area (Å²) < 4.78 is 4.54. The smallest absolute Gasteiger partial charge is 0.305 e. The number of nitrogens with one attached hydrogen (secondary N) is 1. The molecule has 2 rings (SSSR count). The molecule has 1 heterocycles. The highest BCUT2D eigenvalue weighted by molar-refractivity contribution is 7.13. The maximum atomic E-state index is 11.9. The van der Waals surface area contributed by atoms with Gasteiger partial charge in [-0.05, 0) is 13.3 Å². The number of nitrogens with zero attached hydrogens (tertiary/aromatic N) is 1. The Morgan fingerprint density at radius 1 is 1.26 bits per heavy atom. The zero-order chi connectivity index (χ0) is 16.7. The maximum Gasteiger partial charge on any atom is 0.305 e. The van der Waals surface area contributed by atoms with E-state index in [-0.39, 0.29) is 18.3 Å². The molecule has 122 valence electrons. The molecule has 1 N–H and O–H groups in total. The van der Waals surface area contributed by atoms with Crippen LogP contribution in [0.2, 0.25) is 0 Å². The van der Waals surface area contributed by atoms with Crippen LogP contribution in [-0.2, 0) is 20.7 Å². The van der Waals surface area contributed by atoms with Crippen molar-refractivity contribution in [1.29, 1.82) is 0 Å². The van der Waals surface area contributed by atoms with E-state index in [0.29, 0.717) is 19.4 Å². The summed E-state index contributed by atoms with van der Waals surface area (Å²) in [6.07, 6.45) is 1.13. The molecule has 1 aromatic carbocycles. The van der Waals surface area contributed by atoms with Crippen LogP contribution >= 0.6 is 11.3 Å². The van der Waals surface area contributed by atoms with Crippen LogP contribution in [0.25, 0.3) is 10.6 Å². The predicted octanol–water partition coefficient (Wildman–Crippen LogP) is 2.73. The van der Waals surface area contributed by atoms with Gasteiger partial charge in [-0.1, -0.05) is 29.8 Å². The number of esters is 1. The van der Waals surface area contributed by atoms with Gasteiger partial charge in [-0.2, -0.15) is 0 Å². The van der Waals surface area contributed by atoms with E-state index in [0.717, 1.165) is 16.3 Å². The Kier molecular flexibility index (Phi) is 6.29. The molecular formula is C17H20N2O3S. The van der Waals surface area contributed by atoms with Crippen LogP contribution < -0.4 is 5.32 Å². The second-order valence-corrected chi connectivity index (χ2v) is 6.07. The Bertz CT molecular complexity index is 665. The molecule has 1 aromatic heterocycles. The molecule has 1 amide bonds. The molecule has 0 atom stereocenters. The van der Waals surface area contributed by atoms with E-state index in [1.165, 1.54) is 24.0 Å². The van der Waals surface area contributed by atoms with Gasteiger partial charge in [0.25, 0.3) is 0 Å². The van der Waals surface area contributed by atoms with E-state index >= 15 is 0 Å². The Morgan fingerprint density at radius 3 is 2.70 bits per heavy atom. The lowest BCUT2D eigenvalue weighted by atomic mass is 10.2. The van der Waals surface area contributed by atoms with Gasteiger partial charge >= 0.3 is 5.97 Å². The second kappa shape index (κ2) is 8.43. The predicted molar refractivity (Wildman–Crippen MR) is 90.3 cm³/mol. The molecule has 2 aromatic rings. The van der Waals surface area contributed by atoms with E-state index in [1.54, 1.807) is 0 Å². The molecule has 0 unspecified atom stereocenters. The zero-order valence-electron chi connectivity index (χ0n) is 13.3. The summed E-state index contributed by atoms with van der Waals surface area (Å²) in [5.41, 5.74) is 3.03. The number of aryl methyl sites for hydroxylation is 1. The molecule has 0 saturated heterocycles. The van der Waals surface area contributed by atoms with Gasteiger partial charge in [0.1, 0.15) is 5.01 Å². The number of aromatic nitrogens is 1. The van der Waals surface area contributed by atoms with Gasteiger partial charge in [-0.25, -0.2) is 4.98 Å². The van der Waals surface area contributed by atoms with Crippen LogP contribution in [0.3, 0.4) is 0 Å². The number of carbonyl (C=O) groups is 2. The molecule has 5 nitrogen and oxygen atoms in total. The fourth-order valence-corrected chi connectivity index (χ4v) is 2.83. The molecule has 23 heavy (non-hydrogen) atoms. The first-order valence-electron chi connectivity index (χ1n) is 7.43. The molecule has 0 radical (unpaired) electrons. The van der Waals surface area contributed by atoms with Crippen molar-refractivity contribution in [3.05, 3.63) is 40.9 Å². The van der Waals surface area contributed by atoms with Crippen molar-refractivity contribution in [2.24, 2.45) is 0 Å². The first-order chi connectivity index (χ1) is 11.1. The minimum absolute atomic E-state index is 0.0874. The molecule has 0 bridgehead atoms. The topological polar surface area (TPSA) is 68.3 Å². The number of amides is 1. The fraction of sp³-hybridized carbons (Fsp3) is 0.353.